The van der Waals surface area contributed by atoms with Crippen molar-refractivity contribution in [2.45, 2.75) is 50.9 Å². The lowest BCUT2D eigenvalue weighted by atomic mass is 10.2. The molecule has 0 amide bonds. The zero-order valence-corrected chi connectivity index (χ0v) is 16.7. The van der Waals surface area contributed by atoms with E-state index < -0.39 is 0 Å². The number of hydrogen-bond donors (Lipinski definition) is 1. The summed E-state index contributed by atoms with van der Waals surface area (Å²) in [6, 6.07) is 16.3. The molecule has 1 unspecified atom stereocenters. The summed E-state index contributed by atoms with van der Waals surface area (Å²) in [4.78, 5) is 12.6. The van der Waals surface area contributed by atoms with Crippen molar-refractivity contribution in [2.24, 2.45) is 0 Å². The van der Waals surface area contributed by atoms with E-state index >= 15 is 0 Å². The molecule has 2 aromatic rings. The molecule has 0 aliphatic carbocycles. The number of nitrogens with one attached hydrogen (secondary N) is 1. The minimum atomic E-state index is -0.116. The van der Waals surface area contributed by atoms with Crippen LogP contribution in [0.1, 0.15) is 38.8 Å². The van der Waals surface area contributed by atoms with Crippen LogP contribution in [0.3, 0.4) is 0 Å². The van der Waals surface area contributed by atoms with Crippen LogP contribution in [0.2, 0.25) is 0 Å². The Bertz CT molecular complexity index is 641. The van der Waals surface area contributed by atoms with Crippen LogP contribution in [0.4, 0.5) is 0 Å². The van der Waals surface area contributed by atoms with Crippen molar-refractivity contribution in [3.63, 3.8) is 0 Å². The van der Waals surface area contributed by atoms with E-state index in [2.05, 4.69) is 29.6 Å². The van der Waals surface area contributed by atoms with Gasteiger partial charge in [0.05, 0.1) is 13.2 Å². The molecule has 0 radical (unpaired) electrons. The maximum atomic E-state index is 11.3. The molecular formula is C21H29NO2S. The number of Topliss-reactive ketones (excluding diaryl/α,β-unsaturated/α-hetero) is 1. The molecule has 4 heteroatoms. The van der Waals surface area contributed by atoms with E-state index in [1.165, 1.54) is 16.0 Å². The predicted octanol–water partition coefficient (Wildman–Crippen LogP) is 5.08. The van der Waals surface area contributed by atoms with E-state index in [1.807, 2.05) is 56.8 Å². The van der Waals surface area contributed by atoms with Crippen LogP contribution in [-0.4, -0.2) is 18.9 Å². The van der Waals surface area contributed by atoms with Crippen LogP contribution < -0.4 is 10.1 Å². The van der Waals surface area contributed by atoms with Gasteiger partial charge in [-0.25, -0.2) is 0 Å². The second kappa shape index (κ2) is 11.7. The van der Waals surface area contributed by atoms with Crippen LogP contribution >= 0.6 is 11.8 Å². The molecule has 25 heavy (non-hydrogen) atoms. The summed E-state index contributed by atoms with van der Waals surface area (Å²) in [5.41, 5.74) is 2.48. The molecule has 0 saturated carbocycles. The summed E-state index contributed by atoms with van der Waals surface area (Å²) in [6.07, 6.45) is 0. The Balaban J connectivity index is 0.00000151. The van der Waals surface area contributed by atoms with Crippen molar-refractivity contribution in [1.82, 2.24) is 5.32 Å². The number of ether oxygens (including phenoxy) is 1. The number of hydrogen-bond acceptors (Lipinski definition) is 4. The largest absolute Gasteiger partial charge is 0.497 e. The standard InChI is InChI=1S/C19H23NO2S.C2H6/c1-14(15(2)21)20-12-17-6-4-5-7-19(17)23-13-16-8-10-18(22-3)11-9-16;1-2/h4-11,14,20H,12-13H2,1-3H3;1-2H3. The molecule has 0 aliphatic heterocycles. The number of carbonyl (C=O) groups excluding carboxylic acids is 1. The molecule has 0 spiro atoms. The summed E-state index contributed by atoms with van der Waals surface area (Å²) >= 11 is 1.81. The van der Waals surface area contributed by atoms with Crippen molar-refractivity contribution < 1.29 is 9.53 Å². The first-order valence-corrected chi connectivity index (χ1v) is 9.66. The predicted molar refractivity (Wildman–Crippen MR) is 107 cm³/mol. The normalized spacial score (nSPS) is 11.2. The lowest BCUT2D eigenvalue weighted by Crippen LogP contribution is -2.31. The Kier molecular flexibility index (Phi) is 9.97. The van der Waals surface area contributed by atoms with Gasteiger partial charge in [-0.1, -0.05) is 44.2 Å². The summed E-state index contributed by atoms with van der Waals surface area (Å²) in [6.45, 7) is 8.21. The Morgan fingerprint density at radius 1 is 1.12 bits per heavy atom. The summed E-state index contributed by atoms with van der Waals surface area (Å²) < 4.78 is 5.18. The van der Waals surface area contributed by atoms with E-state index in [1.54, 1.807) is 14.0 Å². The third kappa shape index (κ3) is 7.32. The van der Waals surface area contributed by atoms with E-state index in [4.69, 9.17) is 4.74 Å². The van der Waals surface area contributed by atoms with Gasteiger partial charge in [0.1, 0.15) is 11.5 Å². The second-order valence-corrected chi connectivity index (χ2v) is 6.47. The Labute approximate surface area is 156 Å². The van der Waals surface area contributed by atoms with Gasteiger partial charge in [-0.3, -0.25) is 4.79 Å². The topological polar surface area (TPSA) is 38.3 Å². The molecule has 0 aliphatic rings. The number of thioether (sulfide) groups is 1. The molecule has 1 atom stereocenters. The van der Waals surface area contributed by atoms with E-state index in [0.29, 0.717) is 6.54 Å². The van der Waals surface area contributed by atoms with E-state index in [-0.39, 0.29) is 11.8 Å². The van der Waals surface area contributed by atoms with Gasteiger partial charge in [-0.15, -0.1) is 11.8 Å². The molecule has 0 aromatic heterocycles. The first-order valence-electron chi connectivity index (χ1n) is 8.67. The quantitative estimate of drug-likeness (QED) is 0.667. The lowest BCUT2D eigenvalue weighted by molar-refractivity contribution is -0.118. The summed E-state index contributed by atoms with van der Waals surface area (Å²) in [5, 5.41) is 3.27. The monoisotopic (exact) mass is 359 g/mol. The molecule has 1 N–H and O–H groups in total. The number of methoxy groups -OCH3 is 1. The van der Waals surface area contributed by atoms with Crippen molar-refractivity contribution in [3.05, 3.63) is 59.7 Å². The number of benzene rings is 2. The van der Waals surface area contributed by atoms with Gasteiger partial charge < -0.3 is 10.1 Å². The first kappa shape index (κ1) is 21.3. The van der Waals surface area contributed by atoms with Gasteiger partial charge in [-0.05, 0) is 43.2 Å². The fourth-order valence-electron chi connectivity index (χ4n) is 2.08. The van der Waals surface area contributed by atoms with Crippen LogP contribution in [-0.2, 0) is 17.1 Å². The fraction of sp³-hybridized carbons (Fsp3) is 0.381. The molecule has 2 aromatic carbocycles. The van der Waals surface area contributed by atoms with E-state index in [9.17, 15) is 4.79 Å². The smallest absolute Gasteiger partial charge is 0.146 e. The van der Waals surface area contributed by atoms with Crippen molar-refractivity contribution in [1.29, 1.82) is 0 Å². The van der Waals surface area contributed by atoms with Gasteiger partial charge in [0, 0.05) is 17.2 Å². The zero-order chi connectivity index (χ0) is 18.7. The summed E-state index contributed by atoms with van der Waals surface area (Å²) in [7, 11) is 1.68. The number of ketones is 1. The molecule has 3 nitrogen and oxygen atoms in total. The van der Waals surface area contributed by atoms with Gasteiger partial charge in [0.2, 0.25) is 0 Å². The molecule has 0 saturated heterocycles. The zero-order valence-electron chi connectivity index (χ0n) is 15.8. The highest BCUT2D eigenvalue weighted by molar-refractivity contribution is 7.98. The first-order chi connectivity index (χ1) is 12.1. The third-order valence-corrected chi connectivity index (χ3v) is 4.92. The Morgan fingerprint density at radius 2 is 1.76 bits per heavy atom. The van der Waals surface area contributed by atoms with Crippen LogP contribution in [0.25, 0.3) is 0 Å². The Morgan fingerprint density at radius 3 is 2.36 bits per heavy atom. The van der Waals surface area contributed by atoms with Gasteiger partial charge in [0.25, 0.3) is 0 Å². The average molecular weight is 360 g/mol. The second-order valence-electron chi connectivity index (χ2n) is 5.46. The Hall–Kier alpha value is -1.78. The lowest BCUT2D eigenvalue weighted by Gasteiger charge is -2.13. The molecule has 0 heterocycles. The number of rotatable bonds is 8. The maximum absolute atomic E-state index is 11.3. The van der Waals surface area contributed by atoms with E-state index in [0.717, 1.165) is 11.5 Å². The highest BCUT2D eigenvalue weighted by Gasteiger charge is 2.08. The maximum Gasteiger partial charge on any atom is 0.146 e. The van der Waals surface area contributed by atoms with Crippen LogP contribution in [0.5, 0.6) is 5.75 Å². The van der Waals surface area contributed by atoms with Gasteiger partial charge in [0.15, 0.2) is 0 Å². The molecule has 136 valence electrons. The molecule has 2 rings (SSSR count). The minimum absolute atomic E-state index is 0.116. The van der Waals surface area contributed by atoms with Crippen LogP contribution in [0.15, 0.2) is 53.4 Å². The summed E-state index contributed by atoms with van der Waals surface area (Å²) in [5.74, 6) is 1.94. The SMILES string of the molecule is CC.COc1ccc(CSc2ccccc2CNC(C)C(C)=O)cc1. The molecule has 0 bridgehead atoms. The highest BCUT2D eigenvalue weighted by Crippen LogP contribution is 2.27. The third-order valence-electron chi connectivity index (χ3n) is 3.73. The highest BCUT2D eigenvalue weighted by atomic mass is 32.2. The van der Waals surface area contributed by atoms with Crippen molar-refractivity contribution in [3.8, 4) is 5.75 Å². The molecular weight excluding hydrogens is 330 g/mol. The van der Waals surface area contributed by atoms with Crippen molar-refractivity contribution >= 4 is 17.5 Å². The molecule has 0 fully saturated rings. The number of carbonyl (C=O) groups is 1. The van der Waals surface area contributed by atoms with Crippen LogP contribution in [0, 0.1) is 0 Å². The fourth-order valence-corrected chi connectivity index (χ4v) is 3.10. The van der Waals surface area contributed by atoms with Gasteiger partial charge in [-0.2, -0.15) is 0 Å². The van der Waals surface area contributed by atoms with Gasteiger partial charge >= 0.3 is 0 Å². The average Bonchev–Trinajstić information content (AvgIpc) is 2.67. The van der Waals surface area contributed by atoms with Crippen molar-refractivity contribution in [2.75, 3.05) is 7.11 Å². The minimum Gasteiger partial charge on any atom is -0.497 e.